The summed E-state index contributed by atoms with van der Waals surface area (Å²) < 4.78 is 26.9. The van der Waals surface area contributed by atoms with Gasteiger partial charge in [0, 0.05) is 16.7 Å². The summed E-state index contributed by atoms with van der Waals surface area (Å²) in [5, 5.41) is 0. The molecule has 0 heterocycles. The molecule has 0 aromatic heterocycles. The number of benzene rings is 1. The molecule has 1 aromatic carbocycles. The molecule has 0 saturated carbocycles. The third-order valence-electron chi connectivity index (χ3n) is 2.06. The van der Waals surface area contributed by atoms with Crippen LogP contribution in [0, 0.1) is 0 Å². The van der Waals surface area contributed by atoms with Crippen molar-refractivity contribution in [2.24, 2.45) is 0 Å². The van der Waals surface area contributed by atoms with Crippen LogP contribution in [0.15, 0.2) is 39.2 Å². The van der Waals surface area contributed by atoms with Gasteiger partial charge in [-0.1, -0.05) is 11.6 Å². The van der Waals surface area contributed by atoms with Gasteiger partial charge in [-0.15, -0.1) is 0 Å². The SMILES string of the molecule is CC(C)=CCNS(=O)(=O)c1ccc(Br)c(N)c1. The molecule has 0 atom stereocenters. The van der Waals surface area contributed by atoms with E-state index in [9.17, 15) is 8.42 Å². The van der Waals surface area contributed by atoms with Crippen molar-refractivity contribution in [3.63, 3.8) is 0 Å². The Kier molecular flexibility index (Phi) is 4.73. The topological polar surface area (TPSA) is 72.2 Å². The second-order valence-electron chi connectivity index (χ2n) is 3.82. The van der Waals surface area contributed by atoms with Crippen LogP contribution in [-0.4, -0.2) is 15.0 Å². The number of halogens is 1. The Morgan fingerprint density at radius 1 is 1.47 bits per heavy atom. The Labute approximate surface area is 110 Å². The predicted octanol–water partition coefficient (Wildman–Crippen LogP) is 2.28. The van der Waals surface area contributed by atoms with E-state index in [1.165, 1.54) is 12.1 Å². The van der Waals surface area contributed by atoms with Crippen LogP contribution >= 0.6 is 15.9 Å². The zero-order chi connectivity index (χ0) is 13.1. The molecule has 0 radical (unpaired) electrons. The number of hydrogen-bond acceptors (Lipinski definition) is 3. The quantitative estimate of drug-likeness (QED) is 0.660. The van der Waals surface area contributed by atoms with Gasteiger partial charge in [-0.3, -0.25) is 0 Å². The summed E-state index contributed by atoms with van der Waals surface area (Å²) in [5.74, 6) is 0. The normalized spacial score (nSPS) is 11.2. The van der Waals surface area contributed by atoms with Crippen LogP contribution in [0.25, 0.3) is 0 Å². The fourth-order valence-electron chi connectivity index (χ4n) is 1.13. The highest BCUT2D eigenvalue weighted by Crippen LogP contribution is 2.22. The maximum absolute atomic E-state index is 11.9. The van der Waals surface area contributed by atoms with Gasteiger partial charge in [0.25, 0.3) is 0 Å². The van der Waals surface area contributed by atoms with E-state index in [1.54, 1.807) is 12.1 Å². The van der Waals surface area contributed by atoms with Crippen LogP contribution < -0.4 is 10.5 Å². The van der Waals surface area contributed by atoms with Crippen molar-refractivity contribution in [1.29, 1.82) is 0 Å². The molecule has 0 saturated heterocycles. The van der Waals surface area contributed by atoms with Crippen LogP contribution in [0.4, 0.5) is 5.69 Å². The number of rotatable bonds is 4. The van der Waals surface area contributed by atoms with E-state index in [4.69, 9.17) is 5.73 Å². The molecule has 17 heavy (non-hydrogen) atoms. The highest BCUT2D eigenvalue weighted by atomic mass is 79.9. The minimum absolute atomic E-state index is 0.167. The largest absolute Gasteiger partial charge is 0.398 e. The van der Waals surface area contributed by atoms with Crippen LogP contribution in [-0.2, 0) is 10.0 Å². The second-order valence-corrected chi connectivity index (χ2v) is 6.44. The maximum Gasteiger partial charge on any atom is 0.240 e. The monoisotopic (exact) mass is 318 g/mol. The number of anilines is 1. The Morgan fingerprint density at radius 3 is 2.65 bits per heavy atom. The fraction of sp³-hybridized carbons (Fsp3) is 0.273. The first-order valence-electron chi connectivity index (χ1n) is 5.01. The van der Waals surface area contributed by atoms with E-state index in [0.717, 1.165) is 5.57 Å². The van der Waals surface area contributed by atoms with E-state index < -0.39 is 10.0 Å². The standard InChI is InChI=1S/C11H15BrN2O2S/c1-8(2)5-6-14-17(15,16)9-3-4-10(12)11(13)7-9/h3-5,7,14H,6,13H2,1-2H3. The lowest BCUT2D eigenvalue weighted by Crippen LogP contribution is -2.24. The van der Waals surface area contributed by atoms with Gasteiger partial charge in [0.2, 0.25) is 10.0 Å². The van der Waals surface area contributed by atoms with Crippen molar-refractivity contribution >= 4 is 31.6 Å². The molecule has 0 bridgehead atoms. The van der Waals surface area contributed by atoms with Gasteiger partial charge in [-0.05, 0) is 48.0 Å². The number of allylic oxidation sites excluding steroid dienone is 1. The molecule has 0 amide bonds. The molecule has 94 valence electrons. The maximum atomic E-state index is 11.9. The predicted molar refractivity (Wildman–Crippen MR) is 73.2 cm³/mol. The van der Waals surface area contributed by atoms with Crippen molar-refractivity contribution in [2.45, 2.75) is 18.7 Å². The zero-order valence-corrected chi connectivity index (χ0v) is 12.1. The summed E-state index contributed by atoms with van der Waals surface area (Å²) in [4.78, 5) is 0.167. The molecule has 4 nitrogen and oxygen atoms in total. The molecular formula is C11H15BrN2O2S. The second kappa shape index (κ2) is 5.66. The van der Waals surface area contributed by atoms with Gasteiger partial charge < -0.3 is 5.73 Å². The van der Waals surface area contributed by atoms with E-state index >= 15 is 0 Å². The molecule has 1 rings (SSSR count). The molecule has 3 N–H and O–H groups in total. The van der Waals surface area contributed by atoms with Crippen molar-refractivity contribution in [2.75, 3.05) is 12.3 Å². The lowest BCUT2D eigenvalue weighted by Gasteiger charge is -2.06. The molecule has 1 aromatic rings. The zero-order valence-electron chi connectivity index (χ0n) is 9.70. The molecule has 0 aliphatic heterocycles. The highest BCUT2D eigenvalue weighted by molar-refractivity contribution is 9.10. The van der Waals surface area contributed by atoms with Crippen LogP contribution in [0.3, 0.4) is 0 Å². The first-order chi connectivity index (χ1) is 7.83. The number of nitrogens with two attached hydrogens (primary N) is 1. The lowest BCUT2D eigenvalue weighted by atomic mass is 10.3. The van der Waals surface area contributed by atoms with Crippen LogP contribution in [0.2, 0.25) is 0 Å². The minimum atomic E-state index is -3.49. The summed E-state index contributed by atoms with van der Waals surface area (Å²) >= 11 is 3.22. The smallest absolute Gasteiger partial charge is 0.240 e. The van der Waals surface area contributed by atoms with Gasteiger partial charge in [-0.2, -0.15) is 0 Å². The average Bonchev–Trinajstić information content (AvgIpc) is 2.21. The third-order valence-corrected chi connectivity index (χ3v) is 4.20. The van der Waals surface area contributed by atoms with Crippen LogP contribution in [0.5, 0.6) is 0 Å². The molecule has 0 spiro atoms. The average molecular weight is 319 g/mol. The van der Waals surface area contributed by atoms with E-state index in [1.807, 2.05) is 13.8 Å². The van der Waals surface area contributed by atoms with Crippen molar-refractivity contribution in [3.05, 3.63) is 34.3 Å². The van der Waals surface area contributed by atoms with Crippen molar-refractivity contribution in [3.8, 4) is 0 Å². The molecule has 0 unspecified atom stereocenters. The Bertz CT molecular complexity index is 534. The van der Waals surface area contributed by atoms with Gasteiger partial charge in [-0.25, -0.2) is 13.1 Å². The number of hydrogen-bond donors (Lipinski definition) is 2. The number of nitrogen functional groups attached to an aromatic ring is 1. The summed E-state index contributed by atoms with van der Waals surface area (Å²) in [6.07, 6.45) is 1.81. The highest BCUT2D eigenvalue weighted by Gasteiger charge is 2.13. The Balaban J connectivity index is 2.90. The van der Waals surface area contributed by atoms with Gasteiger partial charge >= 0.3 is 0 Å². The van der Waals surface area contributed by atoms with Crippen molar-refractivity contribution in [1.82, 2.24) is 4.72 Å². The van der Waals surface area contributed by atoms with Gasteiger partial charge in [0.1, 0.15) is 0 Å². The summed E-state index contributed by atoms with van der Waals surface area (Å²) in [6, 6.07) is 4.55. The third kappa shape index (κ3) is 4.14. The Morgan fingerprint density at radius 2 is 2.12 bits per heavy atom. The lowest BCUT2D eigenvalue weighted by molar-refractivity contribution is 0.585. The van der Waals surface area contributed by atoms with Crippen molar-refractivity contribution < 1.29 is 8.42 Å². The minimum Gasteiger partial charge on any atom is -0.398 e. The Hall–Kier alpha value is -0.850. The molecular weight excluding hydrogens is 304 g/mol. The summed E-state index contributed by atoms with van der Waals surface area (Å²) in [6.45, 7) is 4.10. The van der Waals surface area contributed by atoms with Gasteiger partial charge in [0.15, 0.2) is 0 Å². The van der Waals surface area contributed by atoms with E-state index in [-0.39, 0.29) is 11.4 Å². The number of nitrogens with one attached hydrogen (secondary N) is 1. The molecule has 0 fully saturated rings. The molecule has 0 aliphatic carbocycles. The first kappa shape index (κ1) is 14.2. The molecule has 6 heteroatoms. The van der Waals surface area contributed by atoms with E-state index in [2.05, 4.69) is 20.7 Å². The summed E-state index contributed by atoms with van der Waals surface area (Å²) in [7, 11) is -3.49. The first-order valence-corrected chi connectivity index (χ1v) is 7.28. The van der Waals surface area contributed by atoms with E-state index in [0.29, 0.717) is 10.2 Å². The summed E-state index contributed by atoms with van der Waals surface area (Å²) in [5.41, 5.74) is 7.10. The van der Waals surface area contributed by atoms with Crippen LogP contribution in [0.1, 0.15) is 13.8 Å². The number of sulfonamides is 1. The fourth-order valence-corrected chi connectivity index (χ4v) is 2.37. The molecule has 0 aliphatic rings. The van der Waals surface area contributed by atoms with Gasteiger partial charge in [0.05, 0.1) is 4.90 Å².